The number of amides is 1. The normalized spacial score (nSPS) is 14.5. The molecule has 0 heterocycles. The largest absolute Gasteiger partial charge is 0.472 e. The van der Waals surface area contributed by atoms with Gasteiger partial charge in [0.15, 0.2) is 0 Å². The van der Waals surface area contributed by atoms with E-state index in [0.29, 0.717) is 23.9 Å². The predicted molar refractivity (Wildman–Crippen MR) is 309 cm³/mol. The van der Waals surface area contributed by atoms with Crippen molar-refractivity contribution >= 4 is 19.7 Å². The number of rotatable bonds is 51. The molecule has 72 heavy (non-hydrogen) atoms. The van der Waals surface area contributed by atoms with Gasteiger partial charge in [0, 0.05) is 12.8 Å². The van der Waals surface area contributed by atoms with E-state index in [1.165, 1.54) is 64.2 Å². The second-order valence-electron chi connectivity index (χ2n) is 20.4. The van der Waals surface area contributed by atoms with Crippen LogP contribution in [0.3, 0.4) is 0 Å². The van der Waals surface area contributed by atoms with Crippen LogP contribution >= 0.6 is 7.82 Å². The van der Waals surface area contributed by atoms with Crippen molar-refractivity contribution in [2.75, 3.05) is 40.9 Å². The Labute approximate surface area is 443 Å². The van der Waals surface area contributed by atoms with Crippen LogP contribution in [0.4, 0.5) is 0 Å². The lowest BCUT2D eigenvalue weighted by Gasteiger charge is -2.27. The number of hydrogen-bond donors (Lipinski definition) is 2. The second-order valence-corrected chi connectivity index (χ2v) is 21.9. The summed E-state index contributed by atoms with van der Waals surface area (Å²) in [5.41, 5.74) is 0. The van der Waals surface area contributed by atoms with Crippen LogP contribution in [-0.4, -0.2) is 74.3 Å². The third-order valence-corrected chi connectivity index (χ3v) is 13.3. The Bertz CT molecular complexity index is 1560. The van der Waals surface area contributed by atoms with Crippen LogP contribution < -0.4 is 5.32 Å². The summed E-state index contributed by atoms with van der Waals surface area (Å²) in [5.74, 6) is -0.543. The van der Waals surface area contributed by atoms with Crippen LogP contribution in [0.1, 0.15) is 233 Å². The van der Waals surface area contributed by atoms with Crippen molar-refractivity contribution in [1.82, 2.24) is 5.32 Å². The lowest BCUT2D eigenvalue weighted by molar-refractivity contribution is -0.870. The molecule has 0 spiro atoms. The van der Waals surface area contributed by atoms with E-state index in [1.807, 2.05) is 33.3 Å². The molecule has 0 aliphatic rings. The van der Waals surface area contributed by atoms with Gasteiger partial charge in [0.1, 0.15) is 19.3 Å². The number of hydrogen-bond acceptors (Lipinski definition) is 6. The van der Waals surface area contributed by atoms with Gasteiger partial charge in [-0.1, -0.05) is 215 Å². The van der Waals surface area contributed by atoms with Gasteiger partial charge in [-0.05, 0) is 102 Å². The molecule has 0 aromatic carbocycles. The molecule has 0 aromatic heterocycles. The van der Waals surface area contributed by atoms with Gasteiger partial charge in [0.05, 0.1) is 33.8 Å². The number of phosphoric ester groups is 1. The summed E-state index contributed by atoms with van der Waals surface area (Å²) in [7, 11) is 1.46. The standard InChI is InChI=1S/C62H109N2O7P/c1-7-10-13-16-19-22-25-27-29-30-31-32-33-34-35-37-40-43-46-49-52-55-62(66)71-60(53-50-47-44-41-38-24-21-18-15-12-9-3)59(58-70-72(67,68)69-57-56-64(4,5)6)63-61(65)54-51-48-45-42-39-36-28-26-23-20-17-14-11-8-2/h10-11,13-14,19-20,22-23,27,29,31-32,34-35,50,53,59-60H,7-9,12,15-18,21,24-26,28,30,33,36-49,51-52,54-58H2,1-6H3,(H-,63,65,67,68)/p+1/b13-10-,14-11+,22-19-,23-20+,29-27-,32-31-,35-34-,53-50-. The first-order valence-electron chi connectivity index (χ1n) is 29.1. The molecule has 0 aliphatic carbocycles. The summed E-state index contributed by atoms with van der Waals surface area (Å²) in [5, 5.41) is 3.03. The number of esters is 1. The van der Waals surface area contributed by atoms with E-state index >= 15 is 0 Å². The average Bonchev–Trinajstić information content (AvgIpc) is 3.34. The first-order chi connectivity index (χ1) is 34.9. The number of ether oxygens (including phenoxy) is 1. The molecule has 0 saturated heterocycles. The van der Waals surface area contributed by atoms with Crippen LogP contribution in [0.25, 0.3) is 0 Å². The molecule has 0 bridgehead atoms. The molecule has 3 atom stereocenters. The number of quaternary nitrogens is 1. The van der Waals surface area contributed by atoms with Crippen molar-refractivity contribution < 1.29 is 37.3 Å². The number of carbonyl (C=O) groups excluding carboxylic acids is 2. The van der Waals surface area contributed by atoms with Gasteiger partial charge in [-0.25, -0.2) is 4.57 Å². The van der Waals surface area contributed by atoms with E-state index in [2.05, 4.69) is 111 Å². The van der Waals surface area contributed by atoms with Crippen molar-refractivity contribution in [3.8, 4) is 0 Å². The summed E-state index contributed by atoms with van der Waals surface area (Å²) >= 11 is 0. The van der Waals surface area contributed by atoms with Crippen LogP contribution in [-0.2, 0) is 27.9 Å². The molecule has 3 unspecified atom stereocenters. The van der Waals surface area contributed by atoms with Crippen molar-refractivity contribution in [1.29, 1.82) is 0 Å². The average molecular weight is 1030 g/mol. The second kappa shape index (κ2) is 51.4. The molecule has 0 rings (SSSR count). The Hall–Kier alpha value is -3.07. The van der Waals surface area contributed by atoms with Gasteiger partial charge in [-0.2, -0.15) is 0 Å². The fraction of sp³-hybridized carbons (Fsp3) is 0.710. The third-order valence-electron chi connectivity index (χ3n) is 12.3. The van der Waals surface area contributed by atoms with Gasteiger partial charge in [-0.3, -0.25) is 18.6 Å². The van der Waals surface area contributed by atoms with Gasteiger partial charge in [0.25, 0.3) is 0 Å². The Morgan fingerprint density at radius 2 is 0.889 bits per heavy atom. The molecule has 0 aromatic rings. The molecule has 0 aliphatic heterocycles. The number of allylic oxidation sites excluding steroid dienone is 15. The number of phosphoric acid groups is 1. The van der Waals surface area contributed by atoms with Gasteiger partial charge < -0.3 is 19.4 Å². The first kappa shape index (κ1) is 68.9. The zero-order valence-corrected chi connectivity index (χ0v) is 48.0. The number of carbonyl (C=O) groups is 2. The molecule has 414 valence electrons. The van der Waals surface area contributed by atoms with Crippen LogP contribution in [0, 0.1) is 0 Å². The summed E-state index contributed by atoms with van der Waals surface area (Å²) in [4.78, 5) is 37.6. The minimum absolute atomic E-state index is 0.0305. The SMILES string of the molecule is CC/C=C\C/C=C\C/C=C\C/C=C\C/C=C\CCCCCCCC(=O)OC(/C=C\CCCCCCCCCCC)C(COP(=O)(O)OCC[N+](C)(C)C)NC(=O)CCCCCCCCC/C=C/C/C=C/CC. The topological polar surface area (TPSA) is 111 Å². The Balaban J connectivity index is 5.31. The van der Waals surface area contributed by atoms with E-state index in [4.69, 9.17) is 13.8 Å². The summed E-state index contributed by atoms with van der Waals surface area (Å²) in [6.45, 7) is 6.75. The summed E-state index contributed by atoms with van der Waals surface area (Å²) in [6.07, 6.45) is 68.3. The number of nitrogens with zero attached hydrogens (tertiary/aromatic N) is 1. The minimum atomic E-state index is -4.46. The van der Waals surface area contributed by atoms with Gasteiger partial charge >= 0.3 is 13.8 Å². The fourth-order valence-electron chi connectivity index (χ4n) is 7.83. The first-order valence-corrected chi connectivity index (χ1v) is 30.6. The van der Waals surface area contributed by atoms with Crippen molar-refractivity contribution in [3.05, 3.63) is 97.2 Å². The highest BCUT2D eigenvalue weighted by atomic mass is 31.2. The maximum atomic E-state index is 13.5. The van der Waals surface area contributed by atoms with Gasteiger partial charge in [-0.15, -0.1) is 0 Å². The smallest absolute Gasteiger partial charge is 0.456 e. The van der Waals surface area contributed by atoms with Crippen molar-refractivity contribution in [3.63, 3.8) is 0 Å². The number of likely N-dealkylation sites (N-methyl/N-ethyl adjacent to an activating group) is 1. The zero-order valence-electron chi connectivity index (χ0n) is 47.1. The highest BCUT2D eigenvalue weighted by Crippen LogP contribution is 2.43. The van der Waals surface area contributed by atoms with E-state index in [0.717, 1.165) is 128 Å². The molecule has 9 nitrogen and oxygen atoms in total. The Kier molecular flexibility index (Phi) is 49.2. The lowest BCUT2D eigenvalue weighted by Crippen LogP contribution is -2.47. The van der Waals surface area contributed by atoms with Crippen LogP contribution in [0.5, 0.6) is 0 Å². The summed E-state index contributed by atoms with van der Waals surface area (Å²) in [6, 6.07) is -0.865. The lowest BCUT2D eigenvalue weighted by atomic mass is 10.1. The van der Waals surface area contributed by atoms with E-state index in [9.17, 15) is 19.0 Å². The summed E-state index contributed by atoms with van der Waals surface area (Å²) < 4.78 is 30.6. The predicted octanol–water partition coefficient (Wildman–Crippen LogP) is 17.6. The minimum Gasteiger partial charge on any atom is -0.456 e. The maximum absolute atomic E-state index is 13.5. The van der Waals surface area contributed by atoms with E-state index in [-0.39, 0.29) is 31.5 Å². The van der Waals surface area contributed by atoms with E-state index < -0.39 is 20.0 Å². The molecule has 10 heteroatoms. The van der Waals surface area contributed by atoms with Crippen molar-refractivity contribution in [2.45, 2.75) is 245 Å². The van der Waals surface area contributed by atoms with Crippen LogP contribution in [0.15, 0.2) is 97.2 Å². The molecular formula is C62H110N2O7P+. The Morgan fingerprint density at radius 3 is 1.33 bits per heavy atom. The molecule has 1 amide bonds. The highest BCUT2D eigenvalue weighted by Gasteiger charge is 2.30. The third kappa shape index (κ3) is 51.8. The monoisotopic (exact) mass is 1030 g/mol. The van der Waals surface area contributed by atoms with E-state index in [1.54, 1.807) is 0 Å². The molecule has 0 fully saturated rings. The number of unbranched alkanes of at least 4 members (excludes halogenated alkanes) is 21. The highest BCUT2D eigenvalue weighted by molar-refractivity contribution is 7.47. The molecule has 0 radical (unpaired) electrons. The number of nitrogens with one attached hydrogen (secondary N) is 1. The zero-order chi connectivity index (χ0) is 52.9. The fourth-order valence-corrected chi connectivity index (χ4v) is 8.56. The van der Waals surface area contributed by atoms with Gasteiger partial charge in [0.2, 0.25) is 5.91 Å². The molecular weight excluding hydrogens is 916 g/mol. The quantitative estimate of drug-likeness (QED) is 0.0205. The van der Waals surface area contributed by atoms with Crippen molar-refractivity contribution in [2.24, 2.45) is 0 Å². The maximum Gasteiger partial charge on any atom is 0.472 e. The van der Waals surface area contributed by atoms with Crippen LogP contribution in [0.2, 0.25) is 0 Å². The molecule has 2 N–H and O–H groups in total. The molecule has 0 saturated carbocycles. The Morgan fingerprint density at radius 1 is 0.500 bits per heavy atom.